The Hall–Kier alpha value is -4.50. The van der Waals surface area contributed by atoms with E-state index in [0.717, 1.165) is 0 Å². The zero-order chi connectivity index (χ0) is 58.8. The minimum absolute atomic E-state index is 0.0174. The normalized spacial score (nSPS) is 39.4. The fourth-order valence-corrected chi connectivity index (χ4v) is 9.81. The first-order valence-corrected chi connectivity index (χ1v) is 27.2. The van der Waals surface area contributed by atoms with Crippen LogP contribution in [-0.4, -0.2) is 210 Å². The standard InChI is InChI=1S/C57H89NO21/c1-35-21-17-15-13-11-9-7-8-10-12-14-16-18-22-42(78-56-54(70)51(53(69)38(4)77-56)58(27-19-23-47(65)74-5)28-20-24-48(66)75-6)32-46-50(55(71)72)45(64)34-57(73,79-46)33-41(61)30-44(63)43(62)26-25-39(59)29-40(60)31-49(67)76-37(3)36(2)52(35)68/h7-18,21-22,35-46,50-54,56,59-64,68-70,73H,19-20,23-34H2,1-6H3,(H,71,72)/b8-7+,11-9+,12-10+,15-13+,16-14+,21-17+,22-18+/t35-,36-,37-,38+,39+,40+,41-,42-,43+,44+,45-,46-,50+,51-,52+,53+,54-,56-,57+/m0/s1. The molecule has 0 amide bonds. The number of aliphatic hydroxyl groups is 10. The van der Waals surface area contributed by atoms with Gasteiger partial charge in [-0.25, -0.2) is 0 Å². The Labute approximate surface area is 463 Å². The summed E-state index contributed by atoms with van der Waals surface area (Å²) in [5.74, 6) is -8.03. The molecule has 19 atom stereocenters. The van der Waals surface area contributed by atoms with Crippen LogP contribution in [0.25, 0.3) is 0 Å². The molecule has 0 saturated carbocycles. The highest BCUT2D eigenvalue weighted by atomic mass is 16.7. The van der Waals surface area contributed by atoms with Crippen LogP contribution in [0.1, 0.15) is 105 Å². The Morgan fingerprint density at radius 3 is 1.72 bits per heavy atom. The molecule has 0 unspecified atom stereocenters. The van der Waals surface area contributed by atoms with Crippen molar-refractivity contribution in [3.63, 3.8) is 0 Å². The van der Waals surface area contributed by atoms with Gasteiger partial charge in [-0.1, -0.05) is 98.9 Å². The first-order chi connectivity index (χ1) is 37.4. The number of ether oxygens (including phenoxy) is 6. The lowest BCUT2D eigenvalue weighted by atomic mass is 9.82. The third-order valence-corrected chi connectivity index (χ3v) is 14.5. The van der Waals surface area contributed by atoms with Crippen molar-refractivity contribution < 1.29 is 104 Å². The highest BCUT2D eigenvalue weighted by Gasteiger charge is 2.51. The molecule has 0 aromatic rings. The largest absolute Gasteiger partial charge is 0.481 e. The average molecular weight is 1120 g/mol. The van der Waals surface area contributed by atoms with Crippen molar-refractivity contribution >= 4 is 23.9 Å². The van der Waals surface area contributed by atoms with Crippen LogP contribution in [0.4, 0.5) is 0 Å². The van der Waals surface area contributed by atoms with Gasteiger partial charge in [0.1, 0.15) is 18.1 Å². The van der Waals surface area contributed by atoms with Crippen molar-refractivity contribution in [3.8, 4) is 0 Å². The molecule has 0 radical (unpaired) electrons. The molecule has 11 N–H and O–H groups in total. The Morgan fingerprint density at radius 2 is 1.18 bits per heavy atom. The van der Waals surface area contributed by atoms with Gasteiger partial charge in [0.25, 0.3) is 0 Å². The SMILES string of the molecule is COC(=O)CCCN(CCCC(=O)OC)[C@@H]1[C@H](O)[C@H](O[C@H]2/C=C/C=C/C=C/C=C/C=C/C=C/C=C/[C@H](C)[C@@H](O)[C@@H](C)[C@H](C)OC(=O)C[C@H](O)C[C@H](O)CC[C@@H](O)[C@H](O)C[C@H](O)C[C@]3(O)C[C@H](O)[C@@H](C(=O)O)[C@H](C2)O3)O[C@H](C)[C@H]1O. The lowest BCUT2D eigenvalue weighted by Crippen LogP contribution is -2.64. The number of rotatable bonds is 12. The Balaban J connectivity index is 1.98. The fraction of sp³-hybridized carbons (Fsp3) is 0.684. The number of hydrogen-bond donors (Lipinski definition) is 11. The van der Waals surface area contributed by atoms with E-state index in [4.69, 9.17) is 28.4 Å². The molecule has 0 spiro atoms. The second kappa shape index (κ2) is 35.4. The number of allylic oxidation sites excluding steroid dienone is 12. The summed E-state index contributed by atoms with van der Waals surface area (Å²) in [5.41, 5.74) is 0. The highest BCUT2D eigenvalue weighted by molar-refractivity contribution is 5.72. The van der Waals surface area contributed by atoms with Crippen LogP contribution in [0.2, 0.25) is 0 Å². The number of carbonyl (C=O) groups is 4. The van der Waals surface area contributed by atoms with Crippen molar-refractivity contribution in [1.29, 1.82) is 0 Å². The van der Waals surface area contributed by atoms with E-state index in [-0.39, 0.29) is 64.0 Å². The van der Waals surface area contributed by atoms with E-state index in [0.29, 0.717) is 0 Å². The number of hydrogen-bond acceptors (Lipinski definition) is 21. The number of fused-ring (bicyclic) bond motifs is 2. The Morgan fingerprint density at radius 1 is 0.633 bits per heavy atom. The van der Waals surface area contributed by atoms with E-state index < -0.39 is 165 Å². The van der Waals surface area contributed by atoms with Gasteiger partial charge in [-0.05, 0) is 59.0 Å². The van der Waals surface area contributed by atoms with Gasteiger partial charge in [-0.15, -0.1) is 0 Å². The maximum Gasteiger partial charge on any atom is 0.311 e. The monoisotopic (exact) mass is 1120 g/mol. The van der Waals surface area contributed by atoms with Crippen LogP contribution in [-0.2, 0) is 47.6 Å². The Bertz CT molecular complexity index is 2040. The molecular weight excluding hydrogens is 1030 g/mol. The summed E-state index contributed by atoms with van der Waals surface area (Å²) in [6.07, 6.45) is 2.64. The van der Waals surface area contributed by atoms with E-state index in [1.165, 1.54) is 20.3 Å². The van der Waals surface area contributed by atoms with Crippen molar-refractivity contribution in [2.75, 3.05) is 27.3 Å². The number of nitrogens with zero attached hydrogens (tertiary/aromatic N) is 1. The van der Waals surface area contributed by atoms with E-state index in [9.17, 15) is 75.3 Å². The topological polar surface area (TPSA) is 349 Å². The Kier molecular flexibility index (Phi) is 30.8. The lowest BCUT2D eigenvalue weighted by Gasteiger charge is -2.47. The zero-order valence-electron chi connectivity index (χ0n) is 46.3. The molecule has 22 heteroatoms. The first kappa shape index (κ1) is 68.8. The number of cyclic esters (lactones) is 1. The minimum Gasteiger partial charge on any atom is -0.481 e. The second-order valence-corrected chi connectivity index (χ2v) is 20.9. The van der Waals surface area contributed by atoms with Gasteiger partial charge < -0.3 is 84.6 Å². The summed E-state index contributed by atoms with van der Waals surface area (Å²) in [5, 5.41) is 122. The summed E-state index contributed by atoms with van der Waals surface area (Å²) < 4.78 is 33.5. The maximum absolute atomic E-state index is 12.8. The van der Waals surface area contributed by atoms with Crippen molar-refractivity contribution in [2.45, 2.75) is 202 Å². The number of aliphatic carboxylic acids is 1. The molecule has 3 aliphatic heterocycles. The van der Waals surface area contributed by atoms with Crippen LogP contribution in [0.5, 0.6) is 0 Å². The number of aliphatic hydroxyl groups excluding tert-OH is 9. The van der Waals surface area contributed by atoms with Crippen molar-refractivity contribution in [1.82, 2.24) is 4.90 Å². The van der Waals surface area contributed by atoms with Crippen LogP contribution in [0.15, 0.2) is 85.1 Å². The molecule has 2 fully saturated rings. The van der Waals surface area contributed by atoms with Gasteiger partial charge in [0.05, 0.1) is 93.8 Å². The summed E-state index contributed by atoms with van der Waals surface area (Å²) in [6.45, 7) is 7.09. The third kappa shape index (κ3) is 24.2. The lowest BCUT2D eigenvalue weighted by molar-refractivity contribution is -0.312. The molecule has 448 valence electrons. The molecule has 3 aliphatic rings. The summed E-state index contributed by atoms with van der Waals surface area (Å²) in [4.78, 5) is 51.3. The summed E-state index contributed by atoms with van der Waals surface area (Å²) in [7, 11) is 2.50. The second-order valence-electron chi connectivity index (χ2n) is 20.9. The number of carboxylic acids is 1. The van der Waals surface area contributed by atoms with Crippen LogP contribution < -0.4 is 0 Å². The molecule has 3 rings (SSSR count). The first-order valence-electron chi connectivity index (χ1n) is 27.2. The summed E-state index contributed by atoms with van der Waals surface area (Å²) >= 11 is 0. The van der Waals surface area contributed by atoms with Gasteiger partial charge in [-0.2, -0.15) is 0 Å². The molecule has 0 aromatic heterocycles. The molecule has 3 heterocycles. The minimum atomic E-state index is -2.40. The van der Waals surface area contributed by atoms with Gasteiger partial charge >= 0.3 is 23.9 Å². The van der Waals surface area contributed by atoms with Crippen molar-refractivity contribution in [2.24, 2.45) is 17.8 Å². The molecule has 0 aromatic carbocycles. The third-order valence-electron chi connectivity index (χ3n) is 14.5. The molecule has 2 bridgehead atoms. The van der Waals surface area contributed by atoms with Crippen LogP contribution in [0, 0.1) is 17.8 Å². The smallest absolute Gasteiger partial charge is 0.311 e. The number of carboxylic acid groups (broad SMARTS) is 1. The number of methoxy groups -OCH3 is 2. The molecular formula is C57H89NO21. The number of carbonyl (C=O) groups excluding carboxylic acids is 3. The van der Waals surface area contributed by atoms with Crippen LogP contribution in [0.3, 0.4) is 0 Å². The van der Waals surface area contributed by atoms with E-state index >= 15 is 0 Å². The number of esters is 3. The van der Waals surface area contributed by atoms with Gasteiger partial charge in [0, 0.05) is 50.4 Å². The predicted molar refractivity (Wildman–Crippen MR) is 287 cm³/mol. The average Bonchev–Trinajstić information content (AvgIpc) is 3.42. The van der Waals surface area contributed by atoms with Gasteiger partial charge in [-0.3, -0.25) is 24.1 Å². The molecule has 22 nitrogen and oxygen atoms in total. The van der Waals surface area contributed by atoms with E-state index in [1.807, 2.05) is 13.0 Å². The van der Waals surface area contributed by atoms with E-state index in [2.05, 4.69) is 0 Å². The van der Waals surface area contributed by atoms with E-state index in [1.54, 1.807) is 98.6 Å². The molecule has 79 heavy (non-hydrogen) atoms. The highest BCUT2D eigenvalue weighted by Crippen LogP contribution is 2.38. The van der Waals surface area contributed by atoms with Gasteiger partial charge in [0.2, 0.25) is 0 Å². The molecule has 0 aliphatic carbocycles. The zero-order valence-corrected chi connectivity index (χ0v) is 46.3. The quantitative estimate of drug-likeness (QED) is 0.0983. The maximum atomic E-state index is 12.8. The fourth-order valence-electron chi connectivity index (χ4n) is 9.81. The summed E-state index contributed by atoms with van der Waals surface area (Å²) in [6, 6.07) is -1.08. The van der Waals surface area contributed by atoms with Crippen molar-refractivity contribution in [3.05, 3.63) is 85.1 Å². The molecule has 2 saturated heterocycles. The van der Waals surface area contributed by atoms with Crippen LogP contribution >= 0.6 is 0 Å². The van der Waals surface area contributed by atoms with Gasteiger partial charge in [0.15, 0.2) is 12.1 Å². The predicted octanol–water partition coefficient (Wildman–Crippen LogP) is 1.96.